The lowest BCUT2D eigenvalue weighted by atomic mass is 9.70. The van der Waals surface area contributed by atoms with Crippen LogP contribution in [0.4, 0.5) is 5.69 Å². The molecule has 146 valence electrons. The Hall–Kier alpha value is -2.28. The van der Waals surface area contributed by atoms with Gasteiger partial charge in [0.25, 0.3) is 0 Å². The summed E-state index contributed by atoms with van der Waals surface area (Å²) in [5, 5.41) is 12.1. The molecule has 0 unspecified atom stereocenters. The van der Waals surface area contributed by atoms with Crippen LogP contribution < -0.4 is 5.32 Å². The van der Waals surface area contributed by atoms with Crippen molar-refractivity contribution in [2.24, 2.45) is 5.41 Å². The zero-order valence-electron chi connectivity index (χ0n) is 16.6. The molecule has 4 rings (SSSR count). The van der Waals surface area contributed by atoms with Gasteiger partial charge in [0, 0.05) is 22.6 Å². The lowest BCUT2D eigenvalue weighted by Crippen LogP contribution is -2.32. The number of ketones is 1. The Kier molecular flexibility index (Phi) is 4.53. The average molecular weight is 397 g/mol. The van der Waals surface area contributed by atoms with Gasteiger partial charge in [-0.15, -0.1) is 5.10 Å². The summed E-state index contributed by atoms with van der Waals surface area (Å²) in [5.41, 5.74) is 3.43. The number of amides is 1. The highest BCUT2D eigenvalue weighted by molar-refractivity contribution is 7.99. The molecule has 0 radical (unpaired) electrons. The molecule has 7 heteroatoms. The molecule has 1 saturated carbocycles. The zero-order valence-corrected chi connectivity index (χ0v) is 17.4. The van der Waals surface area contributed by atoms with Crippen molar-refractivity contribution in [2.45, 2.75) is 57.0 Å². The van der Waals surface area contributed by atoms with E-state index in [9.17, 15) is 9.59 Å². The molecule has 0 aliphatic heterocycles. The normalized spacial score (nSPS) is 24.1. The minimum atomic E-state index is -0.164. The summed E-state index contributed by atoms with van der Waals surface area (Å²) >= 11 is 1.29. The quantitative estimate of drug-likeness (QED) is 0.608. The summed E-state index contributed by atoms with van der Waals surface area (Å²) in [7, 11) is 0. The van der Waals surface area contributed by atoms with Gasteiger partial charge >= 0.3 is 0 Å². The summed E-state index contributed by atoms with van der Waals surface area (Å²) in [6.07, 6.45) is 2.26. The molecule has 2 atom stereocenters. The summed E-state index contributed by atoms with van der Waals surface area (Å²) in [4.78, 5) is 28.6. The predicted molar refractivity (Wildman–Crippen MR) is 109 cm³/mol. The number of anilines is 1. The number of nitrogens with one attached hydrogen (secondary N) is 1. The van der Waals surface area contributed by atoms with Crippen molar-refractivity contribution in [3.63, 3.8) is 0 Å². The van der Waals surface area contributed by atoms with Crippen molar-refractivity contribution in [3.8, 4) is 0 Å². The molecule has 28 heavy (non-hydrogen) atoms. The number of fused-ring (bicyclic) bond motifs is 5. The summed E-state index contributed by atoms with van der Waals surface area (Å²) in [6, 6.07) is 6.93. The van der Waals surface area contributed by atoms with Gasteiger partial charge in [0.05, 0.1) is 17.1 Å². The van der Waals surface area contributed by atoms with Gasteiger partial charge in [0.1, 0.15) is 0 Å². The lowest BCUT2D eigenvalue weighted by molar-refractivity contribution is -0.113. The minimum absolute atomic E-state index is 0.0215. The van der Waals surface area contributed by atoms with Gasteiger partial charge in [-0.25, -0.2) is 4.98 Å². The Labute approximate surface area is 168 Å². The average Bonchev–Trinajstić information content (AvgIpc) is 2.99. The molecule has 1 amide bonds. The van der Waals surface area contributed by atoms with E-state index in [0.717, 1.165) is 24.2 Å². The molecule has 2 aliphatic rings. The first-order chi connectivity index (χ1) is 13.2. The first-order valence-corrected chi connectivity index (χ1v) is 10.5. The van der Waals surface area contributed by atoms with E-state index in [1.807, 2.05) is 0 Å². The summed E-state index contributed by atoms with van der Waals surface area (Å²) < 4.78 is 0. The van der Waals surface area contributed by atoms with Crippen LogP contribution in [0.1, 0.15) is 68.2 Å². The first-order valence-electron chi connectivity index (χ1n) is 9.51. The number of aromatic nitrogens is 3. The molecule has 2 aromatic rings. The number of thioether (sulfide) groups is 1. The molecule has 2 aliphatic carbocycles. The van der Waals surface area contributed by atoms with Crippen LogP contribution in [0, 0.1) is 5.41 Å². The maximum atomic E-state index is 12.3. The number of Topliss-reactive ketones (excluding diaryl/α,β-unsaturated/α-hetero) is 1. The molecule has 1 heterocycles. The second-order valence-electron chi connectivity index (χ2n) is 8.45. The number of benzene rings is 1. The Morgan fingerprint density at radius 1 is 1.25 bits per heavy atom. The van der Waals surface area contributed by atoms with E-state index in [1.54, 1.807) is 24.3 Å². The molecule has 2 bridgehead atoms. The topological polar surface area (TPSA) is 84.8 Å². The third-order valence-corrected chi connectivity index (χ3v) is 7.50. The van der Waals surface area contributed by atoms with Crippen molar-refractivity contribution >= 4 is 29.1 Å². The van der Waals surface area contributed by atoms with E-state index in [2.05, 4.69) is 36.3 Å². The van der Waals surface area contributed by atoms with Gasteiger partial charge in [0.15, 0.2) is 5.78 Å². The van der Waals surface area contributed by atoms with E-state index >= 15 is 0 Å². The van der Waals surface area contributed by atoms with Crippen LogP contribution in [-0.2, 0) is 10.2 Å². The minimum Gasteiger partial charge on any atom is -0.325 e. The van der Waals surface area contributed by atoms with Gasteiger partial charge in [-0.1, -0.05) is 44.7 Å². The van der Waals surface area contributed by atoms with Crippen LogP contribution in [-0.4, -0.2) is 32.6 Å². The van der Waals surface area contributed by atoms with Gasteiger partial charge in [-0.05, 0) is 37.3 Å². The summed E-state index contributed by atoms with van der Waals surface area (Å²) in [5.74, 6) is 0.411. The van der Waals surface area contributed by atoms with Gasteiger partial charge in [-0.3, -0.25) is 9.59 Å². The second kappa shape index (κ2) is 6.65. The van der Waals surface area contributed by atoms with Crippen molar-refractivity contribution < 1.29 is 9.59 Å². The standard InChI is InChI=1S/C21H24N4O2S/c1-12(26)13-6-5-7-14(10-13)22-16(27)11-28-19-23-18-17(24-25-19)15-8-9-21(18,4)20(15,2)3/h5-7,10,15H,8-9,11H2,1-4H3,(H,22,27)/t15-,21-/m0/s1. The van der Waals surface area contributed by atoms with Crippen LogP contribution >= 0.6 is 11.8 Å². The van der Waals surface area contributed by atoms with Crippen molar-refractivity contribution in [1.29, 1.82) is 0 Å². The Morgan fingerprint density at radius 2 is 2.04 bits per heavy atom. The molecule has 6 nitrogen and oxygen atoms in total. The highest BCUT2D eigenvalue weighted by atomic mass is 32.2. The maximum Gasteiger partial charge on any atom is 0.234 e. The van der Waals surface area contributed by atoms with E-state index < -0.39 is 0 Å². The number of hydrogen-bond acceptors (Lipinski definition) is 6. The van der Waals surface area contributed by atoms with Crippen molar-refractivity contribution in [3.05, 3.63) is 41.2 Å². The molecule has 0 spiro atoms. The fraction of sp³-hybridized carbons (Fsp3) is 0.476. The van der Waals surface area contributed by atoms with Crippen LogP contribution in [0.2, 0.25) is 0 Å². The van der Waals surface area contributed by atoms with Gasteiger partial charge in [-0.2, -0.15) is 5.10 Å². The van der Waals surface area contributed by atoms with E-state index in [1.165, 1.54) is 18.7 Å². The smallest absolute Gasteiger partial charge is 0.234 e. The molecule has 1 fully saturated rings. The van der Waals surface area contributed by atoms with Crippen LogP contribution in [0.5, 0.6) is 0 Å². The van der Waals surface area contributed by atoms with Gasteiger partial charge < -0.3 is 5.32 Å². The first kappa shape index (κ1) is 19.1. The predicted octanol–water partition coefficient (Wildman–Crippen LogP) is 3.98. The van der Waals surface area contributed by atoms with Crippen LogP contribution in [0.15, 0.2) is 29.4 Å². The van der Waals surface area contributed by atoms with Crippen LogP contribution in [0.3, 0.4) is 0 Å². The zero-order chi connectivity index (χ0) is 20.1. The van der Waals surface area contributed by atoms with E-state index in [0.29, 0.717) is 22.3 Å². The number of carbonyl (C=O) groups excluding carboxylic acids is 2. The van der Waals surface area contributed by atoms with Crippen molar-refractivity contribution in [2.75, 3.05) is 11.1 Å². The van der Waals surface area contributed by atoms with Gasteiger partial charge in [0.2, 0.25) is 11.1 Å². The Balaban J connectivity index is 1.44. The number of rotatable bonds is 5. The Morgan fingerprint density at radius 3 is 2.79 bits per heavy atom. The monoisotopic (exact) mass is 396 g/mol. The molecular formula is C21H24N4O2S. The molecule has 1 aromatic heterocycles. The number of nitrogens with zero attached hydrogens (tertiary/aromatic N) is 3. The van der Waals surface area contributed by atoms with E-state index in [4.69, 9.17) is 4.98 Å². The second-order valence-corrected chi connectivity index (χ2v) is 9.39. The van der Waals surface area contributed by atoms with Crippen molar-refractivity contribution in [1.82, 2.24) is 15.2 Å². The largest absolute Gasteiger partial charge is 0.325 e. The molecule has 1 N–H and O–H groups in total. The molecule has 0 saturated heterocycles. The SMILES string of the molecule is CC(=O)c1cccc(NC(=O)CSc2nnc3c(n2)[C@]2(C)CC[C@@H]3C2(C)C)c1. The highest BCUT2D eigenvalue weighted by Crippen LogP contribution is 2.66. The highest BCUT2D eigenvalue weighted by Gasteiger charge is 2.61. The third-order valence-electron chi connectivity index (χ3n) is 6.66. The number of hydrogen-bond donors (Lipinski definition) is 1. The number of carbonyl (C=O) groups is 2. The lowest BCUT2D eigenvalue weighted by Gasteiger charge is -2.33. The fourth-order valence-electron chi connectivity index (χ4n) is 4.57. The van der Waals surface area contributed by atoms with Crippen LogP contribution in [0.25, 0.3) is 0 Å². The third kappa shape index (κ3) is 2.92. The molecule has 1 aromatic carbocycles. The van der Waals surface area contributed by atoms with E-state index in [-0.39, 0.29) is 28.3 Å². The fourth-order valence-corrected chi connectivity index (χ4v) is 5.15. The summed E-state index contributed by atoms with van der Waals surface area (Å²) in [6.45, 7) is 8.37. The maximum absolute atomic E-state index is 12.3. The Bertz CT molecular complexity index is 975. The molecular weight excluding hydrogens is 372 g/mol.